The van der Waals surface area contributed by atoms with Crippen molar-refractivity contribution < 1.29 is 9.59 Å². The van der Waals surface area contributed by atoms with Gasteiger partial charge in [0.2, 0.25) is 0 Å². The third kappa shape index (κ3) is 2.77. The van der Waals surface area contributed by atoms with Gasteiger partial charge in [0.15, 0.2) is 5.78 Å². The zero-order valence-electron chi connectivity index (χ0n) is 12.6. The van der Waals surface area contributed by atoms with Gasteiger partial charge in [0.05, 0.1) is 0 Å². The maximum absolute atomic E-state index is 12.4. The monoisotopic (exact) mass is 277 g/mol. The van der Waals surface area contributed by atoms with Crippen molar-refractivity contribution in [1.82, 2.24) is 15.6 Å². The van der Waals surface area contributed by atoms with Gasteiger partial charge in [-0.2, -0.15) is 0 Å². The van der Waals surface area contributed by atoms with Crippen molar-refractivity contribution >= 4 is 11.7 Å². The van der Waals surface area contributed by atoms with Crippen molar-refractivity contribution in [2.75, 3.05) is 13.1 Å². The lowest BCUT2D eigenvalue weighted by molar-refractivity contribution is 0.0910. The van der Waals surface area contributed by atoms with Gasteiger partial charge in [0.1, 0.15) is 5.69 Å². The highest BCUT2D eigenvalue weighted by Crippen LogP contribution is 2.19. The average Bonchev–Trinajstić information content (AvgIpc) is 2.67. The second kappa shape index (κ2) is 5.79. The molecule has 1 aliphatic rings. The molecule has 20 heavy (non-hydrogen) atoms. The van der Waals surface area contributed by atoms with Crippen LogP contribution in [0.25, 0.3) is 0 Å². The molecular weight excluding hydrogens is 254 g/mol. The second-order valence-corrected chi connectivity index (χ2v) is 5.73. The van der Waals surface area contributed by atoms with Crippen LogP contribution in [0.2, 0.25) is 0 Å². The van der Waals surface area contributed by atoms with Crippen LogP contribution in [-0.2, 0) is 0 Å². The van der Waals surface area contributed by atoms with Crippen LogP contribution in [0.4, 0.5) is 0 Å². The predicted molar refractivity (Wildman–Crippen MR) is 78.2 cm³/mol. The molecule has 5 nitrogen and oxygen atoms in total. The molecule has 2 rings (SSSR count). The van der Waals surface area contributed by atoms with Crippen LogP contribution in [-0.4, -0.2) is 35.8 Å². The summed E-state index contributed by atoms with van der Waals surface area (Å²) in [6.45, 7) is 9.12. The van der Waals surface area contributed by atoms with E-state index in [2.05, 4.69) is 22.5 Å². The summed E-state index contributed by atoms with van der Waals surface area (Å²) in [5.41, 5.74) is 2.63. The number of carbonyl (C=O) groups excluding carboxylic acids is 2. The van der Waals surface area contributed by atoms with Crippen LogP contribution in [0.15, 0.2) is 0 Å². The first kappa shape index (κ1) is 14.8. The number of piperidine rings is 1. The fourth-order valence-corrected chi connectivity index (χ4v) is 2.93. The van der Waals surface area contributed by atoms with E-state index in [-0.39, 0.29) is 17.7 Å². The lowest BCUT2D eigenvalue weighted by Crippen LogP contribution is -2.50. The number of carbonyl (C=O) groups is 2. The first-order chi connectivity index (χ1) is 9.41. The maximum Gasteiger partial charge on any atom is 0.268 e. The highest BCUT2D eigenvalue weighted by Gasteiger charge is 2.25. The molecule has 1 aromatic rings. The molecule has 0 radical (unpaired) electrons. The van der Waals surface area contributed by atoms with Crippen molar-refractivity contribution in [2.45, 2.75) is 40.2 Å². The molecule has 1 aromatic heterocycles. The summed E-state index contributed by atoms with van der Waals surface area (Å²) >= 11 is 0. The zero-order valence-corrected chi connectivity index (χ0v) is 12.6. The molecule has 3 N–H and O–H groups in total. The third-order valence-corrected chi connectivity index (χ3v) is 4.16. The minimum atomic E-state index is -0.126. The molecule has 0 bridgehead atoms. The van der Waals surface area contributed by atoms with Gasteiger partial charge in [-0.15, -0.1) is 0 Å². The van der Waals surface area contributed by atoms with Crippen molar-refractivity contribution in [2.24, 2.45) is 5.92 Å². The van der Waals surface area contributed by atoms with Crippen molar-refractivity contribution in [3.63, 3.8) is 0 Å². The number of hydrogen-bond acceptors (Lipinski definition) is 3. The lowest BCUT2D eigenvalue weighted by atomic mass is 9.94. The van der Waals surface area contributed by atoms with Crippen LogP contribution >= 0.6 is 0 Å². The summed E-state index contributed by atoms with van der Waals surface area (Å²) in [6, 6.07) is 0.139. The number of Topliss-reactive ketones (excluding diaryl/α,β-unsaturated/α-hetero) is 1. The van der Waals surface area contributed by atoms with Crippen molar-refractivity contribution in [3.8, 4) is 0 Å². The molecule has 0 aromatic carbocycles. The Morgan fingerprint density at radius 3 is 2.55 bits per heavy atom. The van der Waals surface area contributed by atoms with Crippen molar-refractivity contribution in [1.29, 1.82) is 0 Å². The summed E-state index contributed by atoms with van der Waals surface area (Å²) < 4.78 is 0. The Hall–Kier alpha value is -1.62. The standard InChI is InChI=1S/C15H23N3O2/c1-8-5-6-16-7-12(8)18-15(20)14-9(2)13(11(4)19)10(3)17-14/h8,12,16-17H,5-7H2,1-4H3,(H,18,20). The molecule has 2 heterocycles. The van der Waals surface area contributed by atoms with Crippen LogP contribution in [0.3, 0.4) is 0 Å². The fraction of sp³-hybridized carbons (Fsp3) is 0.600. The fourth-order valence-electron chi connectivity index (χ4n) is 2.93. The van der Waals surface area contributed by atoms with Gasteiger partial charge in [-0.3, -0.25) is 9.59 Å². The number of H-pyrrole nitrogens is 1. The van der Waals surface area contributed by atoms with Crippen LogP contribution < -0.4 is 10.6 Å². The van der Waals surface area contributed by atoms with Gasteiger partial charge >= 0.3 is 0 Å². The molecule has 110 valence electrons. The first-order valence-corrected chi connectivity index (χ1v) is 7.13. The van der Waals surface area contributed by atoms with Gasteiger partial charge in [-0.1, -0.05) is 6.92 Å². The number of amides is 1. The average molecular weight is 277 g/mol. The molecular formula is C15H23N3O2. The minimum absolute atomic E-state index is 0.0111. The molecule has 1 amide bonds. The van der Waals surface area contributed by atoms with E-state index in [1.807, 2.05) is 13.8 Å². The van der Waals surface area contributed by atoms with Crippen LogP contribution in [0, 0.1) is 19.8 Å². The van der Waals surface area contributed by atoms with Gasteiger partial charge in [0, 0.05) is 23.8 Å². The molecule has 1 saturated heterocycles. The molecule has 0 saturated carbocycles. The number of hydrogen-bond donors (Lipinski definition) is 3. The van der Waals surface area contributed by atoms with Crippen LogP contribution in [0.5, 0.6) is 0 Å². The zero-order chi connectivity index (χ0) is 14.9. The third-order valence-electron chi connectivity index (χ3n) is 4.16. The largest absolute Gasteiger partial charge is 0.354 e. The minimum Gasteiger partial charge on any atom is -0.354 e. The molecule has 5 heteroatoms. The smallest absolute Gasteiger partial charge is 0.268 e. The predicted octanol–water partition coefficient (Wildman–Crippen LogP) is 1.56. The Morgan fingerprint density at radius 1 is 1.30 bits per heavy atom. The molecule has 1 fully saturated rings. The van der Waals surface area contributed by atoms with E-state index < -0.39 is 0 Å². The number of aryl methyl sites for hydroxylation is 1. The number of ketones is 1. The Balaban J connectivity index is 2.17. The van der Waals surface area contributed by atoms with Gasteiger partial charge in [0.25, 0.3) is 5.91 Å². The Morgan fingerprint density at radius 2 is 2.00 bits per heavy atom. The Bertz CT molecular complexity index is 533. The Labute approximate surface area is 119 Å². The lowest BCUT2D eigenvalue weighted by Gasteiger charge is -2.30. The summed E-state index contributed by atoms with van der Waals surface area (Å²) in [6.07, 6.45) is 1.06. The van der Waals surface area contributed by atoms with Crippen LogP contribution in [0.1, 0.15) is 52.4 Å². The topological polar surface area (TPSA) is 74.0 Å². The molecule has 0 aliphatic carbocycles. The van der Waals surface area contributed by atoms with E-state index in [1.54, 1.807) is 0 Å². The summed E-state index contributed by atoms with van der Waals surface area (Å²) in [5.74, 6) is 0.325. The second-order valence-electron chi connectivity index (χ2n) is 5.73. The number of nitrogens with one attached hydrogen (secondary N) is 3. The molecule has 1 aliphatic heterocycles. The van der Waals surface area contributed by atoms with E-state index in [1.165, 1.54) is 6.92 Å². The highest BCUT2D eigenvalue weighted by atomic mass is 16.2. The van der Waals surface area contributed by atoms with Gasteiger partial charge < -0.3 is 15.6 Å². The molecule has 2 unspecified atom stereocenters. The normalized spacial score (nSPS) is 22.6. The van der Waals surface area contributed by atoms with Gasteiger partial charge in [-0.05, 0) is 45.2 Å². The van der Waals surface area contributed by atoms with E-state index in [0.29, 0.717) is 17.2 Å². The van der Waals surface area contributed by atoms with Crippen molar-refractivity contribution in [3.05, 3.63) is 22.5 Å². The van der Waals surface area contributed by atoms with E-state index in [4.69, 9.17) is 0 Å². The summed E-state index contributed by atoms with van der Waals surface area (Å²) in [4.78, 5) is 27.0. The van der Waals surface area contributed by atoms with E-state index in [0.717, 1.165) is 30.8 Å². The quantitative estimate of drug-likeness (QED) is 0.734. The SMILES string of the molecule is CC(=O)c1c(C)[nH]c(C(=O)NC2CNCCC2C)c1C. The highest BCUT2D eigenvalue weighted by molar-refractivity contribution is 6.02. The summed E-state index contributed by atoms with van der Waals surface area (Å²) in [5, 5.41) is 6.35. The number of rotatable bonds is 3. The summed E-state index contributed by atoms with van der Waals surface area (Å²) in [7, 11) is 0. The Kier molecular flexibility index (Phi) is 4.28. The maximum atomic E-state index is 12.4. The van der Waals surface area contributed by atoms with Gasteiger partial charge in [-0.25, -0.2) is 0 Å². The first-order valence-electron chi connectivity index (χ1n) is 7.13. The van der Waals surface area contributed by atoms with E-state index >= 15 is 0 Å². The van der Waals surface area contributed by atoms with E-state index in [9.17, 15) is 9.59 Å². The number of aromatic nitrogens is 1. The number of aromatic amines is 1. The molecule has 2 atom stereocenters. The molecule has 0 spiro atoms.